The second-order valence-electron chi connectivity index (χ2n) is 2.15. The number of amides is 1. The van der Waals surface area contributed by atoms with Crippen LogP contribution in [-0.4, -0.2) is 29.9 Å². The first-order valence-corrected chi connectivity index (χ1v) is 4.25. The van der Waals surface area contributed by atoms with Crippen molar-refractivity contribution in [2.75, 3.05) is 13.2 Å². The van der Waals surface area contributed by atoms with Crippen LogP contribution in [0, 0.1) is 0 Å². The molecule has 2 N–H and O–H groups in total. The Balaban J connectivity index is 3.79. The lowest BCUT2D eigenvalue weighted by molar-refractivity contribution is -0.126. The number of halogens is 2. The van der Waals surface area contributed by atoms with E-state index in [0.29, 0.717) is 0 Å². The number of hydrogen-bond donors (Lipinski definition) is 2. The van der Waals surface area contributed by atoms with Crippen molar-refractivity contribution in [3.63, 3.8) is 0 Å². The number of ketones is 1. The van der Waals surface area contributed by atoms with Gasteiger partial charge in [0, 0.05) is 12.6 Å². The standard InChI is InChI=1S/C7H9Cl2NO3/c8-6(9)3-5(12)4-7(13)10-1-2-11/h3,11H,1-2,4H2,(H,10,13). The summed E-state index contributed by atoms with van der Waals surface area (Å²) in [6.45, 7) is -0.0313. The fourth-order valence-electron chi connectivity index (χ4n) is 0.589. The van der Waals surface area contributed by atoms with Gasteiger partial charge in [0.05, 0.1) is 13.0 Å². The van der Waals surface area contributed by atoms with Crippen molar-refractivity contribution >= 4 is 34.9 Å². The maximum absolute atomic E-state index is 10.9. The number of allylic oxidation sites excluding steroid dienone is 1. The lowest BCUT2D eigenvalue weighted by atomic mass is 10.3. The van der Waals surface area contributed by atoms with Gasteiger partial charge >= 0.3 is 0 Å². The van der Waals surface area contributed by atoms with E-state index in [2.05, 4.69) is 5.32 Å². The molecular formula is C7H9Cl2NO3. The Morgan fingerprint density at radius 3 is 2.46 bits per heavy atom. The van der Waals surface area contributed by atoms with E-state index in [1.54, 1.807) is 0 Å². The van der Waals surface area contributed by atoms with Gasteiger partial charge in [-0.15, -0.1) is 0 Å². The van der Waals surface area contributed by atoms with Gasteiger partial charge in [-0.2, -0.15) is 0 Å². The van der Waals surface area contributed by atoms with Crippen molar-refractivity contribution in [1.29, 1.82) is 0 Å². The Bertz CT molecular complexity index is 224. The number of nitrogens with one attached hydrogen (secondary N) is 1. The fourth-order valence-corrected chi connectivity index (χ4v) is 0.832. The first-order chi connectivity index (χ1) is 6.06. The Morgan fingerprint density at radius 1 is 1.38 bits per heavy atom. The lowest BCUT2D eigenvalue weighted by Crippen LogP contribution is -2.27. The Morgan fingerprint density at radius 2 is 2.00 bits per heavy atom. The highest BCUT2D eigenvalue weighted by Crippen LogP contribution is 2.06. The first-order valence-electron chi connectivity index (χ1n) is 3.49. The molecule has 0 aliphatic heterocycles. The zero-order valence-corrected chi connectivity index (χ0v) is 8.23. The first kappa shape index (κ1) is 12.4. The minimum absolute atomic E-state index is 0.129. The molecule has 0 spiro atoms. The smallest absolute Gasteiger partial charge is 0.227 e. The zero-order valence-electron chi connectivity index (χ0n) is 6.72. The van der Waals surface area contributed by atoms with Gasteiger partial charge in [0.1, 0.15) is 4.49 Å². The summed E-state index contributed by atoms with van der Waals surface area (Å²) in [4.78, 5) is 21.7. The van der Waals surface area contributed by atoms with Crippen LogP contribution in [0.25, 0.3) is 0 Å². The zero-order chi connectivity index (χ0) is 10.3. The highest BCUT2D eigenvalue weighted by molar-refractivity contribution is 6.56. The number of hydrogen-bond acceptors (Lipinski definition) is 3. The molecule has 0 aromatic rings. The average molecular weight is 226 g/mol. The van der Waals surface area contributed by atoms with Crippen LogP contribution < -0.4 is 5.32 Å². The fraction of sp³-hybridized carbons (Fsp3) is 0.429. The second-order valence-corrected chi connectivity index (χ2v) is 3.16. The maximum Gasteiger partial charge on any atom is 0.227 e. The molecule has 6 heteroatoms. The molecule has 0 atom stereocenters. The summed E-state index contributed by atoms with van der Waals surface area (Å²) < 4.78 is -0.181. The third kappa shape index (κ3) is 7.77. The predicted molar refractivity (Wildman–Crippen MR) is 49.5 cm³/mol. The molecule has 0 radical (unpaired) electrons. The van der Waals surface area contributed by atoms with Crippen LogP contribution >= 0.6 is 23.2 Å². The van der Waals surface area contributed by atoms with E-state index in [1.165, 1.54) is 0 Å². The minimum atomic E-state index is -0.476. The predicted octanol–water partition coefficient (Wildman–Crippen LogP) is 0.373. The lowest BCUT2D eigenvalue weighted by Gasteiger charge is -1.99. The molecule has 0 rings (SSSR count). The molecule has 0 unspecified atom stereocenters. The summed E-state index contributed by atoms with van der Waals surface area (Å²) in [5.74, 6) is -0.944. The minimum Gasteiger partial charge on any atom is -0.395 e. The molecule has 0 aromatic heterocycles. The van der Waals surface area contributed by atoms with Crippen LogP contribution in [0.5, 0.6) is 0 Å². The van der Waals surface area contributed by atoms with E-state index in [1.807, 2.05) is 0 Å². The molecule has 0 saturated heterocycles. The van der Waals surface area contributed by atoms with Crippen molar-refractivity contribution in [1.82, 2.24) is 5.32 Å². The molecule has 0 fully saturated rings. The van der Waals surface area contributed by atoms with Crippen molar-refractivity contribution in [2.24, 2.45) is 0 Å². The van der Waals surface area contributed by atoms with E-state index in [-0.39, 0.29) is 24.1 Å². The van der Waals surface area contributed by atoms with Gasteiger partial charge in [-0.25, -0.2) is 0 Å². The normalized spacial score (nSPS) is 9.15. The van der Waals surface area contributed by atoms with Gasteiger partial charge in [-0.1, -0.05) is 23.2 Å². The number of aliphatic hydroxyl groups is 1. The molecule has 0 aliphatic carbocycles. The molecule has 1 amide bonds. The summed E-state index contributed by atoms with van der Waals surface area (Å²) in [6, 6.07) is 0. The average Bonchev–Trinajstić information content (AvgIpc) is 1.98. The Kier molecular flexibility index (Phi) is 6.58. The van der Waals surface area contributed by atoms with Gasteiger partial charge < -0.3 is 10.4 Å². The number of rotatable bonds is 5. The molecular weight excluding hydrogens is 217 g/mol. The molecule has 0 heterocycles. The van der Waals surface area contributed by atoms with Crippen molar-refractivity contribution in [3.05, 3.63) is 10.6 Å². The van der Waals surface area contributed by atoms with E-state index >= 15 is 0 Å². The highest BCUT2D eigenvalue weighted by atomic mass is 35.5. The van der Waals surface area contributed by atoms with Crippen molar-refractivity contribution in [2.45, 2.75) is 6.42 Å². The summed E-state index contributed by atoms with van der Waals surface area (Å²) in [5.41, 5.74) is 0. The van der Waals surface area contributed by atoms with Gasteiger partial charge in [-0.3, -0.25) is 9.59 Å². The van der Waals surface area contributed by atoms with E-state index in [9.17, 15) is 9.59 Å². The third-order valence-electron chi connectivity index (χ3n) is 1.04. The summed E-state index contributed by atoms with van der Waals surface area (Å²) in [7, 11) is 0. The van der Waals surface area contributed by atoms with Gasteiger partial charge in [-0.05, 0) is 0 Å². The second kappa shape index (κ2) is 6.88. The number of carbonyl (C=O) groups excluding carboxylic acids is 2. The quantitative estimate of drug-likeness (QED) is 0.525. The molecule has 0 aromatic carbocycles. The summed E-state index contributed by atoms with van der Waals surface area (Å²) in [6.07, 6.45) is 0.643. The van der Waals surface area contributed by atoms with Crippen molar-refractivity contribution < 1.29 is 14.7 Å². The van der Waals surface area contributed by atoms with Gasteiger partial charge in [0.25, 0.3) is 0 Å². The topological polar surface area (TPSA) is 66.4 Å². The van der Waals surface area contributed by atoms with E-state index < -0.39 is 11.7 Å². The molecule has 0 bridgehead atoms. The molecule has 0 saturated carbocycles. The van der Waals surface area contributed by atoms with E-state index in [0.717, 1.165) is 6.08 Å². The van der Waals surface area contributed by atoms with Crippen LogP contribution in [-0.2, 0) is 9.59 Å². The molecule has 74 valence electrons. The Labute approximate surface area is 85.5 Å². The summed E-state index contributed by atoms with van der Waals surface area (Å²) >= 11 is 10.4. The SMILES string of the molecule is O=C(C=C(Cl)Cl)CC(=O)NCCO. The van der Waals surface area contributed by atoms with Gasteiger partial charge in [0.15, 0.2) is 5.78 Å². The number of aliphatic hydroxyl groups excluding tert-OH is 1. The van der Waals surface area contributed by atoms with Crippen LogP contribution in [0.1, 0.15) is 6.42 Å². The van der Waals surface area contributed by atoms with Crippen LogP contribution in [0.15, 0.2) is 10.6 Å². The monoisotopic (exact) mass is 225 g/mol. The summed E-state index contributed by atoms with van der Waals surface area (Å²) in [5, 5.41) is 10.7. The van der Waals surface area contributed by atoms with Crippen molar-refractivity contribution in [3.8, 4) is 0 Å². The Hall–Kier alpha value is -0.580. The van der Waals surface area contributed by atoms with Gasteiger partial charge in [0.2, 0.25) is 5.91 Å². The highest BCUT2D eigenvalue weighted by Gasteiger charge is 2.06. The largest absolute Gasteiger partial charge is 0.395 e. The van der Waals surface area contributed by atoms with Crippen LogP contribution in [0.2, 0.25) is 0 Å². The molecule has 0 aliphatic rings. The third-order valence-corrected chi connectivity index (χ3v) is 1.26. The molecule has 13 heavy (non-hydrogen) atoms. The van der Waals surface area contributed by atoms with E-state index in [4.69, 9.17) is 28.3 Å². The maximum atomic E-state index is 10.9. The number of carbonyl (C=O) groups is 2. The molecule has 4 nitrogen and oxygen atoms in total. The van der Waals surface area contributed by atoms with Crippen LogP contribution in [0.3, 0.4) is 0 Å². The van der Waals surface area contributed by atoms with Crippen LogP contribution in [0.4, 0.5) is 0 Å².